The van der Waals surface area contributed by atoms with Gasteiger partial charge in [-0.15, -0.1) is 0 Å². The molecule has 0 radical (unpaired) electrons. The fraction of sp³-hybridized carbons (Fsp3) is 0.200. The van der Waals surface area contributed by atoms with Crippen LogP contribution in [-0.2, 0) is 6.42 Å². The van der Waals surface area contributed by atoms with Gasteiger partial charge in [-0.2, -0.15) is 5.26 Å². The molecule has 0 unspecified atom stereocenters. The summed E-state index contributed by atoms with van der Waals surface area (Å²) in [6.07, 6.45) is 0.958. The molecule has 1 N–H and O–H groups in total. The van der Waals surface area contributed by atoms with Gasteiger partial charge in [-0.25, -0.2) is 4.98 Å². The van der Waals surface area contributed by atoms with Crippen molar-refractivity contribution in [1.29, 1.82) is 5.26 Å². The largest absolute Gasteiger partial charge is 0.340 e. The Hall–Kier alpha value is -2.34. The van der Waals surface area contributed by atoms with Crippen molar-refractivity contribution >= 4 is 11.5 Å². The van der Waals surface area contributed by atoms with Gasteiger partial charge in [-0.05, 0) is 37.1 Å². The molecule has 18 heavy (non-hydrogen) atoms. The molecule has 3 nitrogen and oxygen atoms in total. The first-order chi connectivity index (χ1) is 8.72. The Kier molecular flexibility index (Phi) is 3.59. The van der Waals surface area contributed by atoms with Gasteiger partial charge >= 0.3 is 0 Å². The van der Waals surface area contributed by atoms with Crippen LogP contribution in [0, 0.1) is 18.3 Å². The van der Waals surface area contributed by atoms with E-state index in [0.29, 0.717) is 11.4 Å². The maximum absolute atomic E-state index is 8.95. The second kappa shape index (κ2) is 5.33. The Morgan fingerprint density at radius 3 is 2.78 bits per heavy atom. The van der Waals surface area contributed by atoms with Crippen LogP contribution in [0.15, 0.2) is 36.4 Å². The van der Waals surface area contributed by atoms with Crippen molar-refractivity contribution in [1.82, 2.24) is 4.98 Å². The van der Waals surface area contributed by atoms with Gasteiger partial charge in [0.25, 0.3) is 0 Å². The number of aryl methyl sites for hydroxylation is 2. The zero-order valence-electron chi connectivity index (χ0n) is 10.6. The van der Waals surface area contributed by atoms with Gasteiger partial charge in [-0.1, -0.05) is 25.1 Å². The van der Waals surface area contributed by atoms with Crippen LogP contribution in [0.25, 0.3) is 0 Å². The molecule has 0 amide bonds. The average Bonchev–Trinajstić information content (AvgIpc) is 2.38. The van der Waals surface area contributed by atoms with Crippen molar-refractivity contribution in [3.8, 4) is 6.07 Å². The Labute approximate surface area is 107 Å². The molecule has 0 bridgehead atoms. The number of nitrogens with one attached hydrogen (secondary N) is 1. The summed E-state index contributed by atoms with van der Waals surface area (Å²) >= 11 is 0. The van der Waals surface area contributed by atoms with E-state index < -0.39 is 0 Å². The highest BCUT2D eigenvalue weighted by atomic mass is 15.0. The average molecular weight is 237 g/mol. The van der Waals surface area contributed by atoms with Crippen molar-refractivity contribution in [2.45, 2.75) is 20.3 Å². The smallest absolute Gasteiger partial charge is 0.131 e. The standard InChI is InChI=1S/C15H15N3/c1-3-13-6-4-5-7-14(13)18-15-9-12(10-16)8-11(2)17-15/h4-9H,3H2,1-2H3,(H,17,18). The molecule has 0 spiro atoms. The van der Waals surface area contributed by atoms with E-state index in [2.05, 4.69) is 29.4 Å². The molecule has 90 valence electrons. The lowest BCUT2D eigenvalue weighted by Gasteiger charge is -2.10. The van der Waals surface area contributed by atoms with E-state index in [1.54, 1.807) is 12.1 Å². The summed E-state index contributed by atoms with van der Waals surface area (Å²) < 4.78 is 0. The van der Waals surface area contributed by atoms with Gasteiger partial charge < -0.3 is 5.32 Å². The van der Waals surface area contributed by atoms with Gasteiger partial charge in [0, 0.05) is 11.4 Å². The molecule has 0 fully saturated rings. The number of hydrogen-bond acceptors (Lipinski definition) is 3. The normalized spacial score (nSPS) is 9.83. The molecular weight excluding hydrogens is 222 g/mol. The summed E-state index contributed by atoms with van der Waals surface area (Å²) in [6.45, 7) is 4.00. The Morgan fingerprint density at radius 2 is 2.06 bits per heavy atom. The third-order valence-electron chi connectivity index (χ3n) is 2.74. The Balaban J connectivity index is 2.34. The summed E-state index contributed by atoms with van der Waals surface area (Å²) in [5.74, 6) is 0.715. The van der Waals surface area contributed by atoms with Crippen molar-refractivity contribution in [3.63, 3.8) is 0 Å². The second-order valence-corrected chi connectivity index (χ2v) is 4.13. The molecule has 1 aromatic carbocycles. The number of nitrogens with zero attached hydrogens (tertiary/aromatic N) is 2. The Morgan fingerprint density at radius 1 is 1.28 bits per heavy atom. The molecule has 2 aromatic rings. The van der Waals surface area contributed by atoms with Crippen LogP contribution in [0.2, 0.25) is 0 Å². The summed E-state index contributed by atoms with van der Waals surface area (Å²) in [5, 5.41) is 12.2. The fourth-order valence-corrected chi connectivity index (χ4v) is 1.89. The Bertz CT molecular complexity index is 597. The van der Waals surface area contributed by atoms with Gasteiger partial charge in [-0.3, -0.25) is 0 Å². The lowest BCUT2D eigenvalue weighted by molar-refractivity contribution is 1.13. The van der Waals surface area contributed by atoms with Crippen LogP contribution in [0.4, 0.5) is 11.5 Å². The third kappa shape index (κ3) is 2.67. The molecule has 2 rings (SSSR count). The number of para-hydroxylation sites is 1. The summed E-state index contributed by atoms with van der Waals surface area (Å²) in [4.78, 5) is 4.39. The van der Waals surface area contributed by atoms with Crippen molar-refractivity contribution in [3.05, 3.63) is 53.2 Å². The summed E-state index contributed by atoms with van der Waals surface area (Å²) in [7, 11) is 0. The van der Waals surface area contributed by atoms with E-state index in [9.17, 15) is 0 Å². The monoisotopic (exact) mass is 237 g/mol. The minimum absolute atomic E-state index is 0.624. The van der Waals surface area contributed by atoms with Crippen LogP contribution >= 0.6 is 0 Å². The molecule has 1 aromatic heterocycles. The predicted octanol–water partition coefficient (Wildman–Crippen LogP) is 3.57. The molecule has 0 saturated carbocycles. The van der Waals surface area contributed by atoms with Crippen LogP contribution < -0.4 is 5.32 Å². The highest BCUT2D eigenvalue weighted by molar-refractivity contribution is 5.61. The van der Waals surface area contributed by atoms with E-state index in [1.807, 2.05) is 25.1 Å². The highest BCUT2D eigenvalue weighted by Crippen LogP contribution is 2.21. The first-order valence-electron chi connectivity index (χ1n) is 5.96. The van der Waals surface area contributed by atoms with E-state index in [0.717, 1.165) is 17.8 Å². The number of rotatable bonds is 3. The first kappa shape index (κ1) is 12.1. The maximum Gasteiger partial charge on any atom is 0.131 e. The van der Waals surface area contributed by atoms with Gasteiger partial charge in [0.2, 0.25) is 0 Å². The topological polar surface area (TPSA) is 48.7 Å². The second-order valence-electron chi connectivity index (χ2n) is 4.13. The number of anilines is 2. The molecule has 0 aliphatic heterocycles. The van der Waals surface area contributed by atoms with Crippen LogP contribution in [0.1, 0.15) is 23.7 Å². The molecule has 1 heterocycles. The van der Waals surface area contributed by atoms with Crippen molar-refractivity contribution < 1.29 is 0 Å². The lowest BCUT2D eigenvalue weighted by Crippen LogP contribution is -1.98. The van der Waals surface area contributed by atoms with E-state index >= 15 is 0 Å². The fourth-order valence-electron chi connectivity index (χ4n) is 1.89. The van der Waals surface area contributed by atoms with Gasteiger partial charge in [0.1, 0.15) is 5.82 Å². The highest BCUT2D eigenvalue weighted by Gasteiger charge is 2.03. The first-order valence-corrected chi connectivity index (χ1v) is 5.96. The van der Waals surface area contributed by atoms with Gasteiger partial charge in [0.15, 0.2) is 0 Å². The van der Waals surface area contributed by atoms with E-state index in [4.69, 9.17) is 5.26 Å². The molecule has 0 atom stereocenters. The molecule has 3 heteroatoms. The van der Waals surface area contributed by atoms with Gasteiger partial charge in [0.05, 0.1) is 11.6 Å². The van der Waals surface area contributed by atoms with Crippen molar-refractivity contribution in [2.75, 3.05) is 5.32 Å². The minimum atomic E-state index is 0.624. The molecular formula is C15H15N3. The van der Waals surface area contributed by atoms with E-state index in [1.165, 1.54) is 5.56 Å². The van der Waals surface area contributed by atoms with Crippen LogP contribution in [-0.4, -0.2) is 4.98 Å². The zero-order valence-corrected chi connectivity index (χ0v) is 10.6. The number of nitriles is 1. The lowest BCUT2D eigenvalue weighted by atomic mass is 10.1. The summed E-state index contributed by atoms with van der Waals surface area (Å²) in [5.41, 5.74) is 3.74. The van der Waals surface area contributed by atoms with Crippen molar-refractivity contribution in [2.24, 2.45) is 0 Å². The number of hydrogen-bond donors (Lipinski definition) is 1. The predicted molar refractivity (Wildman–Crippen MR) is 72.8 cm³/mol. The molecule has 0 saturated heterocycles. The number of benzene rings is 1. The zero-order chi connectivity index (χ0) is 13.0. The number of pyridine rings is 1. The molecule has 0 aliphatic rings. The minimum Gasteiger partial charge on any atom is -0.340 e. The number of aromatic nitrogens is 1. The summed E-state index contributed by atoms with van der Waals surface area (Å²) in [6, 6.07) is 13.8. The van der Waals surface area contributed by atoms with E-state index in [-0.39, 0.29) is 0 Å². The SMILES string of the molecule is CCc1ccccc1Nc1cc(C#N)cc(C)n1. The quantitative estimate of drug-likeness (QED) is 0.887. The van der Waals surface area contributed by atoms with Crippen LogP contribution in [0.3, 0.4) is 0 Å². The third-order valence-corrected chi connectivity index (χ3v) is 2.74. The van der Waals surface area contributed by atoms with Crippen LogP contribution in [0.5, 0.6) is 0 Å². The molecule has 0 aliphatic carbocycles. The maximum atomic E-state index is 8.95.